The number of furan rings is 1. The van der Waals surface area contributed by atoms with Crippen LogP contribution in [0.3, 0.4) is 0 Å². The molecular formula is C17H22ClN3O3S. The molecule has 2 aromatic rings. The van der Waals surface area contributed by atoms with Gasteiger partial charge < -0.3 is 9.73 Å². The zero-order chi connectivity index (χ0) is 17.6. The standard InChI is InChI=1S/C17H22ClN3O3S/c1-12-15-10-13(18)2-3-16(15)24-17(12)25(22,23)21-7-4-14(11-21)20-8-5-19-6-9-20/h2-3,10,14,19H,4-9,11H2,1H3. The number of aryl methyl sites for hydroxylation is 1. The number of hydrogen-bond acceptors (Lipinski definition) is 5. The topological polar surface area (TPSA) is 65.8 Å². The molecule has 1 aromatic heterocycles. The number of sulfonamides is 1. The SMILES string of the molecule is Cc1c(S(=O)(=O)N2CCC(N3CCNCC3)C2)oc2ccc(Cl)cc12. The summed E-state index contributed by atoms with van der Waals surface area (Å²) in [5.74, 6) is 0. The Morgan fingerprint density at radius 3 is 2.76 bits per heavy atom. The monoisotopic (exact) mass is 383 g/mol. The average Bonchev–Trinajstić information content (AvgIpc) is 3.22. The molecule has 25 heavy (non-hydrogen) atoms. The van der Waals surface area contributed by atoms with Gasteiger partial charge in [0, 0.05) is 61.3 Å². The van der Waals surface area contributed by atoms with E-state index in [9.17, 15) is 8.42 Å². The average molecular weight is 384 g/mol. The number of piperazine rings is 1. The molecule has 3 heterocycles. The van der Waals surface area contributed by atoms with Crippen molar-refractivity contribution in [1.29, 1.82) is 0 Å². The van der Waals surface area contributed by atoms with E-state index in [1.54, 1.807) is 29.4 Å². The highest BCUT2D eigenvalue weighted by Crippen LogP contribution is 2.33. The number of rotatable bonds is 3. The normalized spacial score (nSPS) is 23.5. The maximum atomic E-state index is 13.1. The van der Waals surface area contributed by atoms with E-state index in [2.05, 4.69) is 10.2 Å². The van der Waals surface area contributed by atoms with Crippen LogP contribution in [-0.4, -0.2) is 62.9 Å². The van der Waals surface area contributed by atoms with Gasteiger partial charge in [-0.15, -0.1) is 0 Å². The van der Waals surface area contributed by atoms with Gasteiger partial charge in [0.2, 0.25) is 5.09 Å². The summed E-state index contributed by atoms with van der Waals surface area (Å²) in [5, 5.41) is 4.70. The maximum absolute atomic E-state index is 13.1. The molecule has 2 saturated heterocycles. The molecule has 0 radical (unpaired) electrons. The first kappa shape index (κ1) is 17.3. The fraction of sp³-hybridized carbons (Fsp3) is 0.529. The molecule has 0 bridgehead atoms. The summed E-state index contributed by atoms with van der Waals surface area (Å²) in [6, 6.07) is 5.47. The van der Waals surface area contributed by atoms with Gasteiger partial charge in [0.25, 0.3) is 10.0 Å². The predicted octanol–water partition coefficient (Wildman–Crippen LogP) is 2.06. The van der Waals surface area contributed by atoms with Crippen molar-refractivity contribution in [2.24, 2.45) is 0 Å². The molecule has 0 amide bonds. The van der Waals surface area contributed by atoms with Crippen LogP contribution in [-0.2, 0) is 10.0 Å². The van der Waals surface area contributed by atoms with Crippen molar-refractivity contribution in [3.8, 4) is 0 Å². The lowest BCUT2D eigenvalue weighted by Crippen LogP contribution is -2.49. The van der Waals surface area contributed by atoms with Gasteiger partial charge in [0.05, 0.1) is 0 Å². The highest BCUT2D eigenvalue weighted by Gasteiger charge is 2.38. The smallest absolute Gasteiger partial charge is 0.276 e. The Morgan fingerprint density at radius 1 is 1.24 bits per heavy atom. The molecule has 2 aliphatic heterocycles. The second-order valence-electron chi connectivity index (χ2n) is 6.75. The highest BCUT2D eigenvalue weighted by molar-refractivity contribution is 7.89. The summed E-state index contributed by atoms with van der Waals surface area (Å²) in [7, 11) is -3.63. The molecule has 2 fully saturated rings. The van der Waals surface area contributed by atoms with Crippen LogP contribution in [0.2, 0.25) is 5.02 Å². The van der Waals surface area contributed by atoms with Crippen molar-refractivity contribution in [2.45, 2.75) is 24.5 Å². The van der Waals surface area contributed by atoms with E-state index >= 15 is 0 Å². The third-order valence-electron chi connectivity index (χ3n) is 5.22. The van der Waals surface area contributed by atoms with Crippen LogP contribution < -0.4 is 5.32 Å². The molecular weight excluding hydrogens is 362 g/mol. The molecule has 136 valence electrons. The van der Waals surface area contributed by atoms with E-state index in [4.69, 9.17) is 16.0 Å². The molecule has 0 saturated carbocycles. The fourth-order valence-electron chi connectivity index (χ4n) is 3.81. The van der Waals surface area contributed by atoms with E-state index in [1.165, 1.54) is 0 Å². The van der Waals surface area contributed by atoms with Gasteiger partial charge >= 0.3 is 0 Å². The number of nitrogens with zero attached hydrogens (tertiary/aromatic N) is 2. The van der Waals surface area contributed by atoms with Crippen LogP contribution in [0.4, 0.5) is 0 Å². The van der Waals surface area contributed by atoms with Crippen molar-refractivity contribution in [3.05, 3.63) is 28.8 Å². The third kappa shape index (κ3) is 3.08. The quantitative estimate of drug-likeness (QED) is 0.878. The second kappa shape index (κ2) is 6.55. The first-order chi connectivity index (χ1) is 12.0. The summed E-state index contributed by atoms with van der Waals surface area (Å²) in [4.78, 5) is 2.39. The molecule has 0 spiro atoms. The Balaban J connectivity index is 1.61. The van der Waals surface area contributed by atoms with Crippen molar-refractivity contribution < 1.29 is 12.8 Å². The van der Waals surface area contributed by atoms with Crippen LogP contribution >= 0.6 is 11.6 Å². The van der Waals surface area contributed by atoms with E-state index < -0.39 is 10.0 Å². The van der Waals surface area contributed by atoms with Crippen LogP contribution in [0.5, 0.6) is 0 Å². The number of fused-ring (bicyclic) bond motifs is 1. The summed E-state index contributed by atoms with van der Waals surface area (Å²) in [6.45, 7) is 6.72. The van der Waals surface area contributed by atoms with Crippen molar-refractivity contribution in [3.63, 3.8) is 0 Å². The lowest BCUT2D eigenvalue weighted by Gasteiger charge is -2.32. The fourth-order valence-corrected chi connectivity index (χ4v) is 5.62. The highest BCUT2D eigenvalue weighted by atomic mass is 35.5. The summed E-state index contributed by atoms with van der Waals surface area (Å²) in [5.41, 5.74) is 1.18. The molecule has 2 aliphatic rings. The number of hydrogen-bond donors (Lipinski definition) is 1. The van der Waals surface area contributed by atoms with Gasteiger partial charge in [0.1, 0.15) is 5.58 Å². The molecule has 6 nitrogen and oxygen atoms in total. The maximum Gasteiger partial charge on any atom is 0.276 e. The lowest BCUT2D eigenvalue weighted by molar-refractivity contribution is 0.179. The Labute approximate surface area is 152 Å². The number of halogens is 1. The number of benzene rings is 1. The minimum Gasteiger partial charge on any atom is -0.443 e. The summed E-state index contributed by atoms with van der Waals surface area (Å²) >= 11 is 6.03. The Hall–Kier alpha value is -1.12. The molecule has 1 aromatic carbocycles. The molecule has 8 heteroatoms. The first-order valence-corrected chi connectivity index (χ1v) is 10.4. The molecule has 4 rings (SSSR count). The predicted molar refractivity (Wildman–Crippen MR) is 97.6 cm³/mol. The van der Waals surface area contributed by atoms with Crippen LogP contribution in [0.15, 0.2) is 27.7 Å². The molecule has 1 atom stereocenters. The van der Waals surface area contributed by atoms with E-state index in [-0.39, 0.29) is 11.1 Å². The first-order valence-electron chi connectivity index (χ1n) is 8.60. The van der Waals surface area contributed by atoms with Gasteiger partial charge in [0.15, 0.2) is 0 Å². The largest absolute Gasteiger partial charge is 0.443 e. The van der Waals surface area contributed by atoms with Gasteiger partial charge in [-0.2, -0.15) is 4.31 Å². The van der Waals surface area contributed by atoms with E-state index in [0.717, 1.165) is 38.0 Å². The van der Waals surface area contributed by atoms with Crippen LogP contribution in [0.25, 0.3) is 11.0 Å². The zero-order valence-corrected chi connectivity index (χ0v) is 15.7. The van der Waals surface area contributed by atoms with Gasteiger partial charge in [-0.25, -0.2) is 8.42 Å². The lowest BCUT2D eigenvalue weighted by atomic mass is 10.2. The van der Waals surface area contributed by atoms with Gasteiger partial charge in [-0.1, -0.05) is 11.6 Å². The third-order valence-corrected chi connectivity index (χ3v) is 7.33. The molecule has 1 N–H and O–H groups in total. The van der Waals surface area contributed by atoms with Crippen molar-refractivity contribution in [1.82, 2.24) is 14.5 Å². The minimum absolute atomic E-state index is 0.0470. The molecule has 1 unspecified atom stereocenters. The second-order valence-corrected chi connectivity index (χ2v) is 9.02. The Morgan fingerprint density at radius 2 is 2.00 bits per heavy atom. The Bertz CT molecular complexity index is 890. The van der Waals surface area contributed by atoms with Crippen LogP contribution in [0, 0.1) is 6.92 Å². The number of nitrogens with one attached hydrogen (secondary N) is 1. The van der Waals surface area contributed by atoms with E-state index in [0.29, 0.717) is 29.3 Å². The van der Waals surface area contributed by atoms with E-state index in [1.807, 2.05) is 0 Å². The summed E-state index contributed by atoms with van der Waals surface area (Å²) in [6.07, 6.45) is 0.865. The summed E-state index contributed by atoms with van der Waals surface area (Å²) < 4.78 is 33.5. The Kier molecular flexibility index (Phi) is 4.54. The van der Waals surface area contributed by atoms with Crippen molar-refractivity contribution in [2.75, 3.05) is 39.3 Å². The molecule has 0 aliphatic carbocycles. The van der Waals surface area contributed by atoms with Gasteiger partial charge in [-0.3, -0.25) is 4.90 Å². The zero-order valence-electron chi connectivity index (χ0n) is 14.2. The minimum atomic E-state index is -3.63. The van der Waals surface area contributed by atoms with Crippen LogP contribution in [0.1, 0.15) is 12.0 Å². The van der Waals surface area contributed by atoms with Gasteiger partial charge in [-0.05, 0) is 31.5 Å². The van der Waals surface area contributed by atoms with Crippen molar-refractivity contribution >= 4 is 32.6 Å².